The Morgan fingerprint density at radius 2 is 1.60 bits per heavy atom. The Balaban J connectivity index is 2.21. The van der Waals surface area contributed by atoms with Gasteiger partial charge in [-0.1, -0.05) is 53.9 Å². The van der Waals surface area contributed by atoms with E-state index < -0.39 is 5.60 Å². The molecule has 0 saturated carbocycles. The summed E-state index contributed by atoms with van der Waals surface area (Å²) >= 11 is 6.05. The first-order valence-electron chi connectivity index (χ1n) is 6.15. The highest BCUT2D eigenvalue weighted by Gasteiger charge is 2.22. The summed E-state index contributed by atoms with van der Waals surface area (Å²) in [6, 6.07) is 16.7. The summed E-state index contributed by atoms with van der Waals surface area (Å²) in [5, 5.41) is 10.8. The molecule has 0 aliphatic heterocycles. The highest BCUT2D eigenvalue weighted by molar-refractivity contribution is 6.31. The molecule has 2 aromatic carbocycles. The van der Waals surface area contributed by atoms with Gasteiger partial charge in [0.2, 0.25) is 0 Å². The van der Waals surface area contributed by atoms with Gasteiger partial charge in [0, 0.05) is 16.1 Å². The van der Waals surface area contributed by atoms with Gasteiger partial charge in [0.15, 0.2) is 5.60 Å². The lowest BCUT2D eigenvalue weighted by molar-refractivity contribution is 0.122. The largest absolute Gasteiger partial charge is 0.374 e. The number of hydrogen-bond donors (Lipinski definition) is 1. The molecular weight excluding hydrogens is 268 g/mol. The summed E-state index contributed by atoms with van der Waals surface area (Å²) < 4.78 is 0. The molecule has 0 saturated heterocycles. The summed E-state index contributed by atoms with van der Waals surface area (Å²) in [6.07, 6.45) is 0. The van der Waals surface area contributed by atoms with Gasteiger partial charge in [-0.05, 0) is 42.9 Å². The zero-order valence-corrected chi connectivity index (χ0v) is 11.8. The monoisotopic (exact) mass is 280 g/mol. The standard InChI is InChI=1S/C18H13ClO/c1-18(20,16-12-5-6-13-17(16)19)14-8-7-11-15-9-3-2-4-10-15/h2-6,9-10,12-13,20H,1H3. The van der Waals surface area contributed by atoms with Crippen LogP contribution in [0.1, 0.15) is 18.1 Å². The van der Waals surface area contributed by atoms with Crippen LogP contribution < -0.4 is 0 Å². The predicted octanol–water partition coefficient (Wildman–Crippen LogP) is 3.60. The van der Waals surface area contributed by atoms with Gasteiger partial charge >= 0.3 is 0 Å². The summed E-state index contributed by atoms with van der Waals surface area (Å²) in [5.74, 6) is 11.1. The minimum atomic E-state index is -1.32. The zero-order chi connectivity index (χ0) is 14.4. The Kier molecular flexibility index (Phi) is 4.49. The fourth-order valence-electron chi connectivity index (χ4n) is 1.70. The van der Waals surface area contributed by atoms with Crippen LogP contribution in [0, 0.1) is 23.7 Å². The number of halogens is 1. The summed E-state index contributed by atoms with van der Waals surface area (Å²) in [4.78, 5) is 0. The molecule has 0 aliphatic carbocycles. The predicted molar refractivity (Wildman–Crippen MR) is 82.1 cm³/mol. The van der Waals surface area contributed by atoms with Crippen molar-refractivity contribution in [1.29, 1.82) is 0 Å². The molecule has 2 rings (SSSR count). The number of benzene rings is 2. The van der Waals surface area contributed by atoms with E-state index in [4.69, 9.17) is 11.6 Å². The van der Waals surface area contributed by atoms with Crippen molar-refractivity contribution in [2.75, 3.05) is 0 Å². The Bertz CT molecular complexity index is 710. The molecule has 98 valence electrons. The molecule has 0 amide bonds. The van der Waals surface area contributed by atoms with Crippen LogP contribution in [0.2, 0.25) is 5.02 Å². The molecule has 2 aromatic rings. The van der Waals surface area contributed by atoms with Crippen LogP contribution in [0.15, 0.2) is 54.6 Å². The third-order valence-electron chi connectivity index (χ3n) is 2.75. The summed E-state index contributed by atoms with van der Waals surface area (Å²) in [7, 11) is 0. The Morgan fingerprint density at radius 3 is 2.30 bits per heavy atom. The lowest BCUT2D eigenvalue weighted by Crippen LogP contribution is -2.18. The lowest BCUT2D eigenvalue weighted by Gasteiger charge is -2.17. The molecule has 2 heteroatoms. The first kappa shape index (κ1) is 14.2. The second-order valence-electron chi connectivity index (χ2n) is 4.42. The number of rotatable bonds is 1. The molecule has 1 unspecified atom stereocenters. The van der Waals surface area contributed by atoms with Crippen LogP contribution in [0.3, 0.4) is 0 Å². The normalized spacial score (nSPS) is 12.3. The lowest BCUT2D eigenvalue weighted by atomic mass is 9.97. The Morgan fingerprint density at radius 1 is 0.950 bits per heavy atom. The third kappa shape index (κ3) is 3.65. The average molecular weight is 281 g/mol. The molecule has 1 atom stereocenters. The van der Waals surface area contributed by atoms with Crippen molar-refractivity contribution in [2.24, 2.45) is 0 Å². The van der Waals surface area contributed by atoms with Gasteiger partial charge < -0.3 is 5.11 Å². The van der Waals surface area contributed by atoms with Crippen molar-refractivity contribution in [3.05, 3.63) is 70.7 Å². The molecular formula is C18H13ClO. The molecule has 0 fully saturated rings. The minimum Gasteiger partial charge on any atom is -0.374 e. The van der Waals surface area contributed by atoms with Crippen LogP contribution in [-0.2, 0) is 5.60 Å². The molecule has 0 bridgehead atoms. The molecule has 1 nitrogen and oxygen atoms in total. The molecule has 0 radical (unpaired) electrons. The fourth-order valence-corrected chi connectivity index (χ4v) is 2.02. The zero-order valence-electron chi connectivity index (χ0n) is 11.0. The van der Waals surface area contributed by atoms with Crippen molar-refractivity contribution in [2.45, 2.75) is 12.5 Å². The molecule has 0 spiro atoms. The van der Waals surface area contributed by atoms with Gasteiger partial charge in [-0.25, -0.2) is 0 Å². The van der Waals surface area contributed by atoms with E-state index in [1.165, 1.54) is 0 Å². The molecule has 0 aliphatic rings. The van der Waals surface area contributed by atoms with E-state index >= 15 is 0 Å². The number of hydrogen-bond acceptors (Lipinski definition) is 1. The Hall–Kier alpha value is -2.19. The minimum absolute atomic E-state index is 0.489. The van der Waals surface area contributed by atoms with E-state index in [0.717, 1.165) is 5.56 Å². The Labute approximate surface area is 124 Å². The average Bonchev–Trinajstić information content (AvgIpc) is 2.45. The first-order chi connectivity index (χ1) is 9.59. The quantitative estimate of drug-likeness (QED) is 0.792. The molecule has 1 N–H and O–H groups in total. The van der Waals surface area contributed by atoms with Gasteiger partial charge in [-0.3, -0.25) is 0 Å². The maximum atomic E-state index is 10.3. The van der Waals surface area contributed by atoms with Crippen molar-refractivity contribution in [3.63, 3.8) is 0 Å². The van der Waals surface area contributed by atoms with Crippen LogP contribution in [0.4, 0.5) is 0 Å². The smallest absolute Gasteiger partial charge is 0.150 e. The van der Waals surface area contributed by atoms with E-state index in [0.29, 0.717) is 10.6 Å². The third-order valence-corrected chi connectivity index (χ3v) is 3.08. The van der Waals surface area contributed by atoms with Crippen molar-refractivity contribution in [3.8, 4) is 23.7 Å². The van der Waals surface area contributed by atoms with Crippen LogP contribution in [-0.4, -0.2) is 5.11 Å². The second kappa shape index (κ2) is 6.31. The van der Waals surface area contributed by atoms with E-state index in [1.807, 2.05) is 42.5 Å². The van der Waals surface area contributed by atoms with Gasteiger partial charge in [-0.2, -0.15) is 0 Å². The van der Waals surface area contributed by atoms with Crippen LogP contribution in [0.5, 0.6) is 0 Å². The SMILES string of the molecule is CC(O)(C#CC#Cc1ccccc1)c1ccccc1Cl. The van der Waals surface area contributed by atoms with E-state index in [2.05, 4.69) is 23.7 Å². The molecule has 0 heterocycles. The highest BCUT2D eigenvalue weighted by Crippen LogP contribution is 2.26. The summed E-state index contributed by atoms with van der Waals surface area (Å²) in [5.41, 5.74) is 0.152. The maximum Gasteiger partial charge on any atom is 0.150 e. The second-order valence-corrected chi connectivity index (χ2v) is 4.83. The van der Waals surface area contributed by atoms with Crippen molar-refractivity contribution in [1.82, 2.24) is 0 Å². The summed E-state index contributed by atoms with van der Waals surface area (Å²) in [6.45, 7) is 1.60. The first-order valence-corrected chi connectivity index (χ1v) is 6.53. The van der Waals surface area contributed by atoms with Gasteiger partial charge in [-0.15, -0.1) is 0 Å². The fraction of sp³-hybridized carbons (Fsp3) is 0.111. The van der Waals surface area contributed by atoms with Gasteiger partial charge in [0.1, 0.15) is 0 Å². The maximum absolute atomic E-state index is 10.3. The van der Waals surface area contributed by atoms with Gasteiger partial charge in [0.05, 0.1) is 0 Å². The van der Waals surface area contributed by atoms with Crippen LogP contribution in [0.25, 0.3) is 0 Å². The van der Waals surface area contributed by atoms with E-state index in [9.17, 15) is 5.11 Å². The van der Waals surface area contributed by atoms with E-state index in [1.54, 1.807) is 19.1 Å². The highest BCUT2D eigenvalue weighted by atomic mass is 35.5. The van der Waals surface area contributed by atoms with E-state index in [-0.39, 0.29) is 0 Å². The van der Waals surface area contributed by atoms with Crippen molar-refractivity contribution >= 4 is 11.6 Å². The van der Waals surface area contributed by atoms with Crippen molar-refractivity contribution < 1.29 is 5.11 Å². The topological polar surface area (TPSA) is 20.2 Å². The van der Waals surface area contributed by atoms with Gasteiger partial charge in [0.25, 0.3) is 0 Å². The molecule has 0 aromatic heterocycles. The molecule has 20 heavy (non-hydrogen) atoms. The number of aliphatic hydroxyl groups is 1. The van der Waals surface area contributed by atoms with Crippen LogP contribution >= 0.6 is 11.6 Å².